The first-order chi connectivity index (χ1) is 13.2. The second-order valence-corrected chi connectivity index (χ2v) is 7.25. The van der Waals surface area contributed by atoms with Crippen LogP contribution < -0.4 is 10.2 Å². The maximum Gasteiger partial charge on any atom is 0.134 e. The number of anilines is 2. The fourth-order valence-corrected chi connectivity index (χ4v) is 3.44. The third kappa shape index (κ3) is 4.19. The highest BCUT2D eigenvalue weighted by Crippen LogP contribution is 2.26. The van der Waals surface area contributed by atoms with Gasteiger partial charge in [0, 0.05) is 42.8 Å². The van der Waals surface area contributed by atoms with Crippen LogP contribution >= 0.6 is 11.6 Å². The third-order valence-corrected chi connectivity index (χ3v) is 5.09. The number of nitrogens with zero attached hydrogens (tertiary/aromatic N) is 4. The van der Waals surface area contributed by atoms with E-state index in [0.717, 1.165) is 54.8 Å². The molecule has 0 saturated heterocycles. The molecule has 1 aromatic carbocycles. The lowest BCUT2D eigenvalue weighted by atomic mass is 10.1. The van der Waals surface area contributed by atoms with E-state index in [1.54, 1.807) is 6.33 Å². The molecule has 0 fully saturated rings. The van der Waals surface area contributed by atoms with E-state index in [0.29, 0.717) is 0 Å². The van der Waals surface area contributed by atoms with Crippen molar-refractivity contribution in [2.75, 3.05) is 23.3 Å². The summed E-state index contributed by atoms with van der Waals surface area (Å²) in [6.45, 7) is 4.56. The molecular weight excluding hydrogens is 358 g/mol. The van der Waals surface area contributed by atoms with Crippen molar-refractivity contribution in [1.82, 2.24) is 15.0 Å². The first-order valence-electron chi connectivity index (χ1n) is 9.18. The van der Waals surface area contributed by atoms with Crippen LogP contribution in [0.1, 0.15) is 22.4 Å². The Labute approximate surface area is 164 Å². The number of hydrogen-bond acceptors (Lipinski definition) is 5. The molecule has 1 N–H and O–H groups in total. The van der Waals surface area contributed by atoms with Crippen molar-refractivity contribution in [3.8, 4) is 0 Å². The summed E-state index contributed by atoms with van der Waals surface area (Å²) in [4.78, 5) is 15.8. The summed E-state index contributed by atoms with van der Waals surface area (Å²) in [6, 6.07) is 12.2. The van der Waals surface area contributed by atoms with Crippen LogP contribution in [0.15, 0.2) is 48.9 Å². The minimum absolute atomic E-state index is 0.765. The van der Waals surface area contributed by atoms with Gasteiger partial charge in [0.15, 0.2) is 0 Å². The molecular formula is C21H22ClN5. The predicted octanol–water partition coefficient (Wildman–Crippen LogP) is 4.05. The number of benzene rings is 1. The molecule has 6 heteroatoms. The Kier molecular flexibility index (Phi) is 5.21. The van der Waals surface area contributed by atoms with E-state index in [1.165, 1.54) is 16.7 Å². The average molecular weight is 380 g/mol. The van der Waals surface area contributed by atoms with Gasteiger partial charge in [-0.15, -0.1) is 0 Å². The summed E-state index contributed by atoms with van der Waals surface area (Å²) in [5, 5.41) is 4.25. The SMILES string of the molecule is Cc1ccc(N2CCc3ncnc(NCCc4ccc(Cl)cc4)c3C2)nc1. The summed E-state index contributed by atoms with van der Waals surface area (Å²) < 4.78 is 0. The summed E-state index contributed by atoms with van der Waals surface area (Å²) in [6.07, 6.45) is 5.39. The number of aromatic nitrogens is 3. The molecule has 0 atom stereocenters. The second kappa shape index (κ2) is 7.92. The highest BCUT2D eigenvalue weighted by molar-refractivity contribution is 6.30. The Balaban J connectivity index is 1.46. The summed E-state index contributed by atoms with van der Waals surface area (Å²) in [5.41, 5.74) is 4.72. The largest absolute Gasteiger partial charge is 0.369 e. The van der Waals surface area contributed by atoms with Crippen LogP contribution in [-0.4, -0.2) is 28.0 Å². The van der Waals surface area contributed by atoms with Crippen molar-refractivity contribution in [3.05, 3.63) is 76.3 Å². The standard InChI is InChI=1S/C21H22ClN5/c1-15-2-7-20(24-12-15)27-11-9-19-18(13-27)21(26-14-25-19)23-10-8-16-3-5-17(22)6-4-16/h2-7,12,14H,8-11,13H2,1H3,(H,23,25,26). The monoisotopic (exact) mass is 379 g/mol. The van der Waals surface area contributed by atoms with E-state index in [-0.39, 0.29) is 0 Å². The number of halogens is 1. The van der Waals surface area contributed by atoms with Crippen LogP contribution in [0.5, 0.6) is 0 Å². The van der Waals surface area contributed by atoms with Gasteiger partial charge in [-0.25, -0.2) is 15.0 Å². The minimum atomic E-state index is 0.765. The first kappa shape index (κ1) is 17.7. The molecule has 27 heavy (non-hydrogen) atoms. The Morgan fingerprint density at radius 1 is 1.07 bits per heavy atom. The van der Waals surface area contributed by atoms with E-state index in [2.05, 4.69) is 56.4 Å². The molecule has 0 amide bonds. The maximum atomic E-state index is 5.95. The van der Waals surface area contributed by atoms with Crippen LogP contribution in [0.4, 0.5) is 11.6 Å². The zero-order valence-electron chi connectivity index (χ0n) is 15.3. The molecule has 1 aliphatic heterocycles. The van der Waals surface area contributed by atoms with E-state index in [1.807, 2.05) is 18.3 Å². The lowest BCUT2D eigenvalue weighted by molar-refractivity contribution is 0.697. The van der Waals surface area contributed by atoms with Gasteiger partial charge in [0.05, 0.1) is 5.69 Å². The Morgan fingerprint density at radius 3 is 2.70 bits per heavy atom. The van der Waals surface area contributed by atoms with Crippen molar-refractivity contribution < 1.29 is 0 Å². The predicted molar refractivity (Wildman–Crippen MR) is 109 cm³/mol. The van der Waals surface area contributed by atoms with Crippen molar-refractivity contribution in [2.24, 2.45) is 0 Å². The number of pyridine rings is 1. The lowest BCUT2D eigenvalue weighted by Gasteiger charge is -2.30. The van der Waals surface area contributed by atoms with Crippen molar-refractivity contribution >= 4 is 23.2 Å². The van der Waals surface area contributed by atoms with E-state index in [9.17, 15) is 0 Å². The van der Waals surface area contributed by atoms with Gasteiger partial charge in [-0.1, -0.05) is 29.8 Å². The zero-order valence-corrected chi connectivity index (χ0v) is 16.1. The first-order valence-corrected chi connectivity index (χ1v) is 9.55. The van der Waals surface area contributed by atoms with Gasteiger partial charge in [-0.2, -0.15) is 0 Å². The topological polar surface area (TPSA) is 53.9 Å². The van der Waals surface area contributed by atoms with Crippen LogP contribution in [0, 0.1) is 6.92 Å². The quantitative estimate of drug-likeness (QED) is 0.724. The lowest BCUT2D eigenvalue weighted by Crippen LogP contribution is -2.32. The fraction of sp³-hybridized carbons (Fsp3) is 0.286. The smallest absolute Gasteiger partial charge is 0.134 e. The van der Waals surface area contributed by atoms with Crippen molar-refractivity contribution in [1.29, 1.82) is 0 Å². The van der Waals surface area contributed by atoms with Crippen LogP contribution in [0.3, 0.4) is 0 Å². The van der Waals surface area contributed by atoms with E-state index >= 15 is 0 Å². The molecule has 0 saturated carbocycles. The van der Waals surface area contributed by atoms with Crippen LogP contribution in [0.2, 0.25) is 5.02 Å². The molecule has 3 heterocycles. The Morgan fingerprint density at radius 2 is 1.93 bits per heavy atom. The molecule has 138 valence electrons. The normalized spacial score (nSPS) is 13.3. The van der Waals surface area contributed by atoms with Crippen molar-refractivity contribution in [3.63, 3.8) is 0 Å². The fourth-order valence-electron chi connectivity index (χ4n) is 3.31. The number of aryl methyl sites for hydroxylation is 1. The van der Waals surface area contributed by atoms with Crippen LogP contribution in [-0.2, 0) is 19.4 Å². The molecule has 0 aliphatic carbocycles. The highest BCUT2D eigenvalue weighted by Gasteiger charge is 2.21. The van der Waals surface area contributed by atoms with Crippen LogP contribution in [0.25, 0.3) is 0 Å². The molecule has 0 spiro atoms. The Hall–Kier alpha value is -2.66. The van der Waals surface area contributed by atoms with Gasteiger partial charge in [0.2, 0.25) is 0 Å². The van der Waals surface area contributed by atoms with Gasteiger partial charge in [-0.3, -0.25) is 0 Å². The van der Waals surface area contributed by atoms with Crippen molar-refractivity contribution in [2.45, 2.75) is 26.3 Å². The number of hydrogen-bond donors (Lipinski definition) is 1. The molecule has 2 aromatic heterocycles. The molecule has 0 unspecified atom stereocenters. The molecule has 1 aliphatic rings. The average Bonchev–Trinajstić information content (AvgIpc) is 2.70. The molecule has 4 rings (SSSR count). The molecule has 0 bridgehead atoms. The number of rotatable bonds is 5. The summed E-state index contributed by atoms with van der Waals surface area (Å²) in [5.74, 6) is 1.92. The molecule has 3 aromatic rings. The number of fused-ring (bicyclic) bond motifs is 1. The zero-order chi connectivity index (χ0) is 18.6. The van der Waals surface area contributed by atoms with Gasteiger partial charge in [0.25, 0.3) is 0 Å². The van der Waals surface area contributed by atoms with Gasteiger partial charge < -0.3 is 10.2 Å². The molecule has 5 nitrogen and oxygen atoms in total. The third-order valence-electron chi connectivity index (χ3n) is 4.84. The summed E-state index contributed by atoms with van der Waals surface area (Å²) in [7, 11) is 0. The van der Waals surface area contributed by atoms with E-state index in [4.69, 9.17) is 11.6 Å². The minimum Gasteiger partial charge on any atom is -0.369 e. The van der Waals surface area contributed by atoms with E-state index < -0.39 is 0 Å². The van der Waals surface area contributed by atoms with Gasteiger partial charge >= 0.3 is 0 Å². The molecule has 0 radical (unpaired) electrons. The van der Waals surface area contributed by atoms with Gasteiger partial charge in [0.1, 0.15) is 18.0 Å². The highest BCUT2D eigenvalue weighted by atomic mass is 35.5. The summed E-state index contributed by atoms with van der Waals surface area (Å²) >= 11 is 5.95. The maximum absolute atomic E-state index is 5.95. The van der Waals surface area contributed by atoms with Gasteiger partial charge in [-0.05, 0) is 42.7 Å². The second-order valence-electron chi connectivity index (χ2n) is 6.82. The Bertz CT molecular complexity index is 909. The number of nitrogens with one attached hydrogen (secondary N) is 1.